The molecule has 1 saturated heterocycles. The molecular weight excluding hydrogens is 116 g/mol. The standard InChI is InChI=1S/C7H12O2/c1-5-4-6(2)9-7(3)8-5/h5-6H,3-4H2,1-2H3. The smallest absolute Gasteiger partial charge is 0.272 e. The molecule has 52 valence electrons. The van der Waals surface area contributed by atoms with Crippen LogP contribution < -0.4 is 0 Å². The molecule has 0 amide bonds. The Labute approximate surface area is 55.5 Å². The monoisotopic (exact) mass is 128 g/mol. The molecule has 1 aliphatic heterocycles. The highest BCUT2D eigenvalue weighted by Gasteiger charge is 2.18. The quantitative estimate of drug-likeness (QED) is 0.494. The van der Waals surface area contributed by atoms with Gasteiger partial charge in [-0.1, -0.05) is 0 Å². The van der Waals surface area contributed by atoms with E-state index < -0.39 is 0 Å². The van der Waals surface area contributed by atoms with Gasteiger partial charge < -0.3 is 9.47 Å². The fraction of sp³-hybridized carbons (Fsp3) is 0.714. The van der Waals surface area contributed by atoms with Gasteiger partial charge in [0.15, 0.2) is 0 Å². The highest BCUT2D eigenvalue weighted by atomic mass is 16.7. The molecule has 1 aliphatic rings. The third-order valence-electron chi connectivity index (χ3n) is 1.33. The van der Waals surface area contributed by atoms with E-state index in [1.807, 2.05) is 13.8 Å². The van der Waals surface area contributed by atoms with Gasteiger partial charge in [0, 0.05) is 6.42 Å². The molecule has 0 N–H and O–H groups in total. The summed E-state index contributed by atoms with van der Waals surface area (Å²) in [5.41, 5.74) is 0. The van der Waals surface area contributed by atoms with Crippen molar-refractivity contribution in [3.63, 3.8) is 0 Å². The fourth-order valence-corrected chi connectivity index (χ4v) is 1.04. The maximum atomic E-state index is 5.14. The molecule has 1 fully saturated rings. The zero-order valence-electron chi connectivity index (χ0n) is 5.89. The first kappa shape index (κ1) is 6.46. The van der Waals surface area contributed by atoms with E-state index in [-0.39, 0.29) is 12.2 Å². The number of hydrogen-bond acceptors (Lipinski definition) is 2. The van der Waals surface area contributed by atoms with Gasteiger partial charge in [0.2, 0.25) is 0 Å². The van der Waals surface area contributed by atoms with E-state index in [0.29, 0.717) is 5.95 Å². The van der Waals surface area contributed by atoms with Crippen molar-refractivity contribution in [2.75, 3.05) is 0 Å². The van der Waals surface area contributed by atoms with Crippen molar-refractivity contribution in [2.24, 2.45) is 0 Å². The zero-order valence-corrected chi connectivity index (χ0v) is 5.89. The highest BCUT2D eigenvalue weighted by Crippen LogP contribution is 2.18. The Morgan fingerprint density at radius 1 is 1.33 bits per heavy atom. The van der Waals surface area contributed by atoms with Crippen LogP contribution in [0.2, 0.25) is 0 Å². The minimum Gasteiger partial charge on any atom is -0.463 e. The van der Waals surface area contributed by atoms with Crippen LogP contribution in [-0.2, 0) is 9.47 Å². The normalized spacial score (nSPS) is 35.1. The molecule has 2 atom stereocenters. The summed E-state index contributed by atoms with van der Waals surface area (Å²) in [6, 6.07) is 0. The van der Waals surface area contributed by atoms with E-state index >= 15 is 0 Å². The number of hydrogen-bond donors (Lipinski definition) is 0. The van der Waals surface area contributed by atoms with E-state index in [1.165, 1.54) is 0 Å². The molecule has 2 unspecified atom stereocenters. The van der Waals surface area contributed by atoms with Crippen LogP contribution in [0.5, 0.6) is 0 Å². The van der Waals surface area contributed by atoms with Crippen molar-refractivity contribution >= 4 is 0 Å². The Morgan fingerprint density at radius 2 is 1.78 bits per heavy atom. The van der Waals surface area contributed by atoms with Crippen LogP contribution in [0.4, 0.5) is 0 Å². The van der Waals surface area contributed by atoms with E-state index in [4.69, 9.17) is 9.47 Å². The van der Waals surface area contributed by atoms with E-state index in [1.54, 1.807) is 0 Å². The topological polar surface area (TPSA) is 18.5 Å². The Morgan fingerprint density at radius 3 is 2.11 bits per heavy atom. The van der Waals surface area contributed by atoms with Crippen LogP contribution in [0.25, 0.3) is 0 Å². The van der Waals surface area contributed by atoms with Crippen LogP contribution in [0.3, 0.4) is 0 Å². The van der Waals surface area contributed by atoms with Crippen LogP contribution >= 0.6 is 0 Å². The Kier molecular flexibility index (Phi) is 1.65. The molecular formula is C7H12O2. The molecule has 1 rings (SSSR count). The molecule has 0 spiro atoms. The first-order chi connectivity index (χ1) is 4.18. The largest absolute Gasteiger partial charge is 0.463 e. The summed E-state index contributed by atoms with van der Waals surface area (Å²) >= 11 is 0. The summed E-state index contributed by atoms with van der Waals surface area (Å²) in [6.07, 6.45) is 1.49. The second kappa shape index (κ2) is 2.29. The summed E-state index contributed by atoms with van der Waals surface area (Å²) < 4.78 is 10.3. The van der Waals surface area contributed by atoms with E-state index in [9.17, 15) is 0 Å². The van der Waals surface area contributed by atoms with Crippen molar-refractivity contribution < 1.29 is 9.47 Å². The van der Waals surface area contributed by atoms with Crippen molar-refractivity contribution in [1.29, 1.82) is 0 Å². The van der Waals surface area contributed by atoms with Gasteiger partial charge in [-0.05, 0) is 20.4 Å². The Hall–Kier alpha value is -0.660. The predicted octanol–water partition coefficient (Wildman–Crippen LogP) is 1.67. The third kappa shape index (κ3) is 1.63. The van der Waals surface area contributed by atoms with E-state index in [0.717, 1.165) is 6.42 Å². The minimum absolute atomic E-state index is 0.265. The lowest BCUT2D eigenvalue weighted by Gasteiger charge is -2.27. The molecule has 9 heavy (non-hydrogen) atoms. The molecule has 1 heterocycles. The van der Waals surface area contributed by atoms with Crippen LogP contribution in [0.15, 0.2) is 12.5 Å². The zero-order chi connectivity index (χ0) is 6.85. The molecule has 0 bridgehead atoms. The average Bonchev–Trinajstić information content (AvgIpc) is 1.59. The first-order valence-corrected chi connectivity index (χ1v) is 3.20. The van der Waals surface area contributed by atoms with Gasteiger partial charge in [-0.25, -0.2) is 0 Å². The second-order valence-corrected chi connectivity index (χ2v) is 2.46. The molecule has 0 aromatic heterocycles. The van der Waals surface area contributed by atoms with Crippen molar-refractivity contribution in [3.8, 4) is 0 Å². The van der Waals surface area contributed by atoms with Gasteiger partial charge in [0.25, 0.3) is 5.95 Å². The predicted molar refractivity (Wildman–Crippen MR) is 34.9 cm³/mol. The highest BCUT2D eigenvalue weighted by molar-refractivity contribution is 4.78. The lowest BCUT2D eigenvalue weighted by atomic mass is 10.2. The van der Waals surface area contributed by atoms with Crippen LogP contribution in [-0.4, -0.2) is 12.2 Å². The van der Waals surface area contributed by atoms with Crippen molar-refractivity contribution in [3.05, 3.63) is 12.5 Å². The molecule has 2 nitrogen and oxygen atoms in total. The van der Waals surface area contributed by atoms with E-state index in [2.05, 4.69) is 6.58 Å². The summed E-state index contributed by atoms with van der Waals surface area (Å²) in [5, 5.41) is 0. The molecule has 0 aromatic rings. The molecule has 0 aromatic carbocycles. The molecule has 0 radical (unpaired) electrons. The van der Waals surface area contributed by atoms with Gasteiger partial charge in [0.05, 0.1) is 0 Å². The maximum absolute atomic E-state index is 5.14. The van der Waals surface area contributed by atoms with Gasteiger partial charge >= 0.3 is 0 Å². The third-order valence-corrected chi connectivity index (χ3v) is 1.33. The fourth-order valence-electron chi connectivity index (χ4n) is 1.04. The van der Waals surface area contributed by atoms with Gasteiger partial charge in [-0.15, -0.1) is 0 Å². The summed E-state index contributed by atoms with van der Waals surface area (Å²) in [4.78, 5) is 0. The Bertz CT molecular complexity index is 108. The average molecular weight is 128 g/mol. The second-order valence-electron chi connectivity index (χ2n) is 2.46. The minimum atomic E-state index is 0.265. The van der Waals surface area contributed by atoms with Crippen LogP contribution in [0, 0.1) is 0 Å². The summed E-state index contributed by atoms with van der Waals surface area (Å²) in [5.74, 6) is 0.459. The van der Waals surface area contributed by atoms with Crippen LogP contribution in [0.1, 0.15) is 20.3 Å². The lowest BCUT2D eigenvalue weighted by Crippen LogP contribution is -2.25. The first-order valence-electron chi connectivity index (χ1n) is 3.20. The number of rotatable bonds is 0. The summed E-state index contributed by atoms with van der Waals surface area (Å²) in [6.45, 7) is 7.61. The number of ether oxygens (including phenoxy) is 2. The van der Waals surface area contributed by atoms with Gasteiger partial charge in [-0.2, -0.15) is 0 Å². The SMILES string of the molecule is C=C1OC(C)CC(C)O1. The lowest BCUT2D eigenvalue weighted by molar-refractivity contribution is -0.0905. The van der Waals surface area contributed by atoms with Crippen molar-refractivity contribution in [1.82, 2.24) is 0 Å². The molecule has 0 aliphatic carbocycles. The molecule has 0 saturated carbocycles. The maximum Gasteiger partial charge on any atom is 0.272 e. The van der Waals surface area contributed by atoms with Gasteiger partial charge in [0.1, 0.15) is 12.2 Å². The Balaban J connectivity index is 2.43. The van der Waals surface area contributed by atoms with Crippen molar-refractivity contribution in [2.45, 2.75) is 32.5 Å². The molecule has 2 heteroatoms. The van der Waals surface area contributed by atoms with Gasteiger partial charge in [-0.3, -0.25) is 0 Å². The summed E-state index contributed by atoms with van der Waals surface area (Å²) in [7, 11) is 0.